The Morgan fingerprint density at radius 1 is 1.03 bits per heavy atom. The minimum atomic E-state index is -0.295. The predicted octanol–water partition coefficient (Wildman–Crippen LogP) is 4.53. The number of thiocarbonyl (C=S) groups is 1. The van der Waals surface area contributed by atoms with Crippen molar-refractivity contribution in [1.82, 2.24) is 24.8 Å². The number of halogens is 1. The van der Waals surface area contributed by atoms with Crippen molar-refractivity contribution in [2.75, 3.05) is 11.9 Å². The standard InChI is InChI=1S/C25H21ClN6OS/c26-17-11-12-21(28-15-17)31-14-6-10-20(31)24-23(19-9-4-5-13-27-19)30-25(34)32(24)16-22(33)29-18-7-2-1-3-8-18/h1-15,23-24H,16H2,(H,29,33)(H,30,34)/t23-,24+/m0/s1. The molecule has 170 valence electrons. The summed E-state index contributed by atoms with van der Waals surface area (Å²) in [6, 6.07) is 22.2. The fraction of sp³-hybridized carbons (Fsp3) is 0.120. The van der Waals surface area contributed by atoms with Gasteiger partial charge in [0.2, 0.25) is 5.91 Å². The molecule has 0 radical (unpaired) electrons. The second-order valence-corrected chi connectivity index (χ2v) is 8.63. The first kappa shape index (κ1) is 22.1. The zero-order valence-corrected chi connectivity index (χ0v) is 19.6. The molecule has 5 rings (SSSR count). The van der Waals surface area contributed by atoms with Gasteiger partial charge in [0, 0.05) is 30.0 Å². The number of rotatable bonds is 6. The summed E-state index contributed by atoms with van der Waals surface area (Å²) in [6.07, 6.45) is 5.30. The summed E-state index contributed by atoms with van der Waals surface area (Å²) in [4.78, 5) is 23.9. The minimum Gasteiger partial charge on any atom is -0.352 e. The van der Waals surface area contributed by atoms with Gasteiger partial charge in [-0.25, -0.2) is 4.98 Å². The van der Waals surface area contributed by atoms with Crippen LogP contribution in [-0.2, 0) is 4.79 Å². The maximum Gasteiger partial charge on any atom is 0.244 e. The highest BCUT2D eigenvalue weighted by molar-refractivity contribution is 7.80. The van der Waals surface area contributed by atoms with Gasteiger partial charge in [-0.1, -0.05) is 35.9 Å². The number of pyridine rings is 2. The van der Waals surface area contributed by atoms with Crippen LogP contribution in [0.15, 0.2) is 91.4 Å². The number of hydrogen-bond acceptors (Lipinski definition) is 4. The van der Waals surface area contributed by atoms with Crippen molar-refractivity contribution in [1.29, 1.82) is 0 Å². The molecule has 9 heteroatoms. The van der Waals surface area contributed by atoms with Gasteiger partial charge in [0.15, 0.2) is 5.11 Å². The van der Waals surface area contributed by atoms with E-state index in [1.807, 2.05) is 82.4 Å². The molecular weight excluding hydrogens is 468 g/mol. The van der Waals surface area contributed by atoms with Gasteiger partial charge in [0.25, 0.3) is 0 Å². The molecule has 1 aromatic carbocycles. The molecule has 3 aromatic heterocycles. The number of nitrogens with zero attached hydrogens (tertiary/aromatic N) is 4. The third-order valence-corrected chi connectivity index (χ3v) is 6.19. The second-order valence-electron chi connectivity index (χ2n) is 7.81. The number of hydrogen-bond donors (Lipinski definition) is 2. The van der Waals surface area contributed by atoms with E-state index >= 15 is 0 Å². The van der Waals surface area contributed by atoms with E-state index in [0.29, 0.717) is 10.1 Å². The van der Waals surface area contributed by atoms with Crippen LogP contribution >= 0.6 is 23.8 Å². The molecule has 2 atom stereocenters. The third kappa shape index (κ3) is 4.50. The summed E-state index contributed by atoms with van der Waals surface area (Å²) >= 11 is 11.7. The van der Waals surface area contributed by atoms with Crippen LogP contribution in [0, 0.1) is 0 Å². The Labute approximate surface area is 207 Å². The molecule has 0 aliphatic carbocycles. The quantitative estimate of drug-likeness (QED) is 0.388. The van der Waals surface area contributed by atoms with Gasteiger partial charge < -0.3 is 20.1 Å². The smallest absolute Gasteiger partial charge is 0.244 e. The summed E-state index contributed by atoms with van der Waals surface area (Å²) in [5.41, 5.74) is 2.49. The van der Waals surface area contributed by atoms with Gasteiger partial charge in [-0.05, 0) is 60.7 Å². The second kappa shape index (κ2) is 9.62. The van der Waals surface area contributed by atoms with Crippen molar-refractivity contribution >= 4 is 40.5 Å². The molecule has 0 unspecified atom stereocenters. The first-order valence-corrected chi connectivity index (χ1v) is 11.5. The van der Waals surface area contributed by atoms with E-state index in [-0.39, 0.29) is 24.5 Å². The zero-order chi connectivity index (χ0) is 23.5. The fourth-order valence-corrected chi connectivity index (χ4v) is 4.55. The molecule has 1 aliphatic rings. The molecule has 0 saturated carbocycles. The lowest BCUT2D eigenvalue weighted by atomic mass is 10.0. The number of carbonyl (C=O) groups excluding carboxylic acids is 1. The van der Waals surface area contributed by atoms with Crippen LogP contribution in [0.25, 0.3) is 5.82 Å². The van der Waals surface area contributed by atoms with Crippen LogP contribution in [0.2, 0.25) is 5.02 Å². The Kier molecular flexibility index (Phi) is 6.24. The molecule has 34 heavy (non-hydrogen) atoms. The van der Waals surface area contributed by atoms with Gasteiger partial charge >= 0.3 is 0 Å². The van der Waals surface area contributed by atoms with Gasteiger partial charge in [0.1, 0.15) is 12.4 Å². The fourth-order valence-electron chi connectivity index (χ4n) is 4.13. The SMILES string of the molecule is O=C(CN1C(=S)N[C@@H](c2ccccn2)[C@H]1c1cccn1-c1ccc(Cl)cn1)Nc1ccccc1. The van der Waals surface area contributed by atoms with E-state index in [2.05, 4.69) is 20.6 Å². The van der Waals surface area contributed by atoms with Gasteiger partial charge in [-0.2, -0.15) is 0 Å². The summed E-state index contributed by atoms with van der Waals surface area (Å²) < 4.78 is 1.98. The topological polar surface area (TPSA) is 75.1 Å². The lowest BCUT2D eigenvalue weighted by molar-refractivity contribution is -0.116. The average molecular weight is 489 g/mol. The first-order valence-electron chi connectivity index (χ1n) is 10.7. The number of benzene rings is 1. The van der Waals surface area contributed by atoms with E-state index < -0.39 is 0 Å². The van der Waals surface area contributed by atoms with Crippen molar-refractivity contribution in [2.45, 2.75) is 12.1 Å². The molecule has 7 nitrogen and oxygen atoms in total. The summed E-state index contributed by atoms with van der Waals surface area (Å²) in [5, 5.41) is 7.37. The molecule has 1 saturated heterocycles. The Balaban J connectivity index is 1.51. The third-order valence-electron chi connectivity index (χ3n) is 5.61. The van der Waals surface area contributed by atoms with Crippen LogP contribution in [-0.4, -0.2) is 37.0 Å². The number of aromatic nitrogens is 3. The summed E-state index contributed by atoms with van der Waals surface area (Å²) in [7, 11) is 0. The Hall–Kier alpha value is -3.75. The number of nitrogens with one attached hydrogen (secondary N) is 2. The molecule has 4 heterocycles. The minimum absolute atomic E-state index is 0.0773. The Morgan fingerprint density at radius 3 is 2.59 bits per heavy atom. The maximum atomic E-state index is 13.0. The van der Waals surface area contributed by atoms with Crippen LogP contribution < -0.4 is 10.6 Å². The largest absolute Gasteiger partial charge is 0.352 e. The summed E-state index contributed by atoms with van der Waals surface area (Å²) in [5.74, 6) is 0.556. The number of carbonyl (C=O) groups is 1. The van der Waals surface area contributed by atoms with Crippen LogP contribution in [0.1, 0.15) is 23.5 Å². The molecule has 0 spiro atoms. The Morgan fingerprint density at radius 2 is 1.85 bits per heavy atom. The van der Waals surface area contributed by atoms with Gasteiger partial charge in [-0.15, -0.1) is 0 Å². The Bertz CT molecular complexity index is 1300. The molecule has 1 fully saturated rings. The van der Waals surface area contributed by atoms with E-state index in [9.17, 15) is 4.79 Å². The lowest BCUT2D eigenvalue weighted by Gasteiger charge is -2.28. The molecule has 4 aromatic rings. The van der Waals surface area contributed by atoms with Crippen LogP contribution in [0.3, 0.4) is 0 Å². The van der Waals surface area contributed by atoms with E-state index in [4.69, 9.17) is 23.8 Å². The van der Waals surface area contributed by atoms with E-state index in [0.717, 1.165) is 22.9 Å². The zero-order valence-electron chi connectivity index (χ0n) is 18.0. The monoisotopic (exact) mass is 488 g/mol. The van der Waals surface area contributed by atoms with Crippen LogP contribution in [0.4, 0.5) is 5.69 Å². The molecule has 0 bridgehead atoms. The van der Waals surface area contributed by atoms with Gasteiger partial charge in [-0.3, -0.25) is 9.78 Å². The van der Waals surface area contributed by atoms with Gasteiger partial charge in [0.05, 0.1) is 22.8 Å². The number of para-hydroxylation sites is 1. The highest BCUT2D eigenvalue weighted by Crippen LogP contribution is 2.39. The number of anilines is 1. The average Bonchev–Trinajstić information content (AvgIpc) is 3.45. The van der Waals surface area contributed by atoms with Crippen molar-refractivity contribution in [3.63, 3.8) is 0 Å². The highest BCUT2D eigenvalue weighted by Gasteiger charge is 2.42. The number of amides is 1. The normalized spacial score (nSPS) is 17.4. The van der Waals surface area contributed by atoms with Crippen molar-refractivity contribution < 1.29 is 4.79 Å². The molecule has 2 N–H and O–H groups in total. The summed E-state index contributed by atoms with van der Waals surface area (Å²) in [6.45, 7) is 0.0773. The van der Waals surface area contributed by atoms with Crippen molar-refractivity contribution in [3.05, 3.63) is 108 Å². The molecular formula is C25H21ClN6OS. The molecule has 1 amide bonds. The van der Waals surface area contributed by atoms with Crippen molar-refractivity contribution in [3.8, 4) is 5.82 Å². The lowest BCUT2D eigenvalue weighted by Crippen LogP contribution is -2.37. The highest BCUT2D eigenvalue weighted by atomic mass is 35.5. The first-order chi connectivity index (χ1) is 16.6. The molecule has 1 aliphatic heterocycles. The predicted molar refractivity (Wildman–Crippen MR) is 136 cm³/mol. The van der Waals surface area contributed by atoms with Crippen molar-refractivity contribution in [2.24, 2.45) is 0 Å². The van der Waals surface area contributed by atoms with E-state index in [1.54, 1.807) is 18.5 Å². The maximum absolute atomic E-state index is 13.0. The van der Waals surface area contributed by atoms with E-state index in [1.165, 1.54) is 0 Å². The van der Waals surface area contributed by atoms with Crippen LogP contribution in [0.5, 0.6) is 0 Å².